The van der Waals surface area contributed by atoms with Gasteiger partial charge in [0, 0.05) is 5.56 Å². The molecule has 0 aliphatic rings. The molecule has 0 heterocycles. The lowest BCUT2D eigenvalue weighted by Gasteiger charge is -2.20. The summed E-state index contributed by atoms with van der Waals surface area (Å²) >= 11 is 0. The molecule has 2 rings (SSSR count). The zero-order valence-corrected chi connectivity index (χ0v) is 15.3. The van der Waals surface area contributed by atoms with E-state index in [1.807, 2.05) is 0 Å². The van der Waals surface area contributed by atoms with Crippen molar-refractivity contribution in [2.24, 2.45) is 0 Å². The van der Waals surface area contributed by atoms with Crippen molar-refractivity contribution in [3.8, 4) is 16.9 Å². The topological polar surface area (TPSA) is 35.5 Å². The van der Waals surface area contributed by atoms with Crippen molar-refractivity contribution in [3.05, 3.63) is 53.6 Å². The van der Waals surface area contributed by atoms with Gasteiger partial charge in [0.1, 0.15) is 5.75 Å². The molecule has 2 aromatic rings. The summed E-state index contributed by atoms with van der Waals surface area (Å²) in [5.41, 5.74) is -0.713. The molecule has 0 aromatic heterocycles. The quantitative estimate of drug-likeness (QED) is 0.426. The van der Waals surface area contributed by atoms with Gasteiger partial charge in [-0.15, -0.1) is 0 Å². The van der Waals surface area contributed by atoms with Crippen LogP contribution in [0.5, 0.6) is 5.75 Å². The highest BCUT2D eigenvalue weighted by molar-refractivity contribution is 5.90. The molecule has 1 atom stereocenters. The SMILES string of the molecule is CCCC(OC(=O)c1ccc(-c2ccc(OCC)cc2)c(F)c1F)C(F)(F)F. The molecule has 0 saturated heterocycles. The monoisotopic (exact) mass is 402 g/mol. The van der Waals surface area contributed by atoms with Crippen molar-refractivity contribution in [2.75, 3.05) is 6.61 Å². The van der Waals surface area contributed by atoms with Crippen molar-refractivity contribution in [3.63, 3.8) is 0 Å². The first-order valence-electron chi connectivity index (χ1n) is 8.67. The second kappa shape index (κ2) is 9.03. The number of rotatable bonds is 7. The summed E-state index contributed by atoms with van der Waals surface area (Å²) in [6, 6.07) is 8.16. The number of esters is 1. The predicted molar refractivity (Wildman–Crippen MR) is 93.1 cm³/mol. The standard InChI is InChI=1S/C20H19F5O3/c1-3-5-16(20(23,24)25)28-19(26)15-11-10-14(17(21)18(15)22)12-6-8-13(9-7-12)27-4-2/h6-11,16H,3-5H2,1-2H3. The summed E-state index contributed by atoms with van der Waals surface area (Å²) in [6.45, 7) is 3.72. The number of alkyl halides is 3. The Morgan fingerprint density at radius 3 is 2.18 bits per heavy atom. The Labute approximate surface area is 159 Å². The molecule has 0 fully saturated rings. The maximum absolute atomic E-state index is 14.4. The molecule has 0 radical (unpaired) electrons. The van der Waals surface area contributed by atoms with E-state index in [-0.39, 0.29) is 12.0 Å². The Balaban J connectivity index is 2.28. The van der Waals surface area contributed by atoms with Crippen molar-refractivity contribution >= 4 is 5.97 Å². The first kappa shape index (κ1) is 21.7. The molecule has 0 aliphatic carbocycles. The molecule has 0 saturated carbocycles. The Kier molecular flexibility index (Phi) is 6.99. The molecule has 152 valence electrons. The van der Waals surface area contributed by atoms with E-state index in [1.165, 1.54) is 19.1 Å². The number of hydrogen-bond acceptors (Lipinski definition) is 3. The highest BCUT2D eigenvalue weighted by Crippen LogP contribution is 2.30. The predicted octanol–water partition coefficient (Wildman–Crippen LogP) is 5.92. The third-order valence-corrected chi connectivity index (χ3v) is 3.94. The van der Waals surface area contributed by atoms with E-state index in [1.54, 1.807) is 19.1 Å². The minimum absolute atomic E-state index is 0.102. The Bertz CT molecular complexity index is 816. The van der Waals surface area contributed by atoms with Gasteiger partial charge in [-0.1, -0.05) is 31.5 Å². The molecule has 8 heteroatoms. The van der Waals surface area contributed by atoms with Gasteiger partial charge in [-0.2, -0.15) is 13.2 Å². The Hall–Kier alpha value is -2.64. The fraction of sp³-hybridized carbons (Fsp3) is 0.350. The molecule has 0 bridgehead atoms. The Morgan fingerprint density at radius 1 is 1.00 bits per heavy atom. The fourth-order valence-corrected chi connectivity index (χ4v) is 2.57. The van der Waals surface area contributed by atoms with Gasteiger partial charge < -0.3 is 9.47 Å². The van der Waals surface area contributed by atoms with Gasteiger partial charge in [0.05, 0.1) is 12.2 Å². The normalized spacial score (nSPS) is 12.5. The second-order valence-corrected chi connectivity index (χ2v) is 5.97. The van der Waals surface area contributed by atoms with Crippen LogP contribution in [0.25, 0.3) is 11.1 Å². The maximum atomic E-state index is 14.4. The molecule has 0 amide bonds. The zero-order valence-electron chi connectivity index (χ0n) is 15.3. The highest BCUT2D eigenvalue weighted by Gasteiger charge is 2.42. The summed E-state index contributed by atoms with van der Waals surface area (Å²) in [5.74, 6) is -3.93. The minimum Gasteiger partial charge on any atom is -0.494 e. The van der Waals surface area contributed by atoms with E-state index in [9.17, 15) is 26.7 Å². The van der Waals surface area contributed by atoms with E-state index >= 15 is 0 Å². The molecule has 3 nitrogen and oxygen atoms in total. The molecule has 0 N–H and O–H groups in total. The van der Waals surface area contributed by atoms with Crippen LogP contribution in [-0.2, 0) is 4.74 Å². The third-order valence-electron chi connectivity index (χ3n) is 3.94. The van der Waals surface area contributed by atoms with E-state index in [0.29, 0.717) is 17.9 Å². The lowest BCUT2D eigenvalue weighted by atomic mass is 10.0. The summed E-state index contributed by atoms with van der Waals surface area (Å²) in [7, 11) is 0. The van der Waals surface area contributed by atoms with Crippen LogP contribution in [0.2, 0.25) is 0 Å². The van der Waals surface area contributed by atoms with Gasteiger partial charge in [-0.05, 0) is 37.1 Å². The largest absolute Gasteiger partial charge is 0.494 e. The number of carbonyl (C=O) groups is 1. The third kappa shape index (κ3) is 4.99. The number of hydrogen-bond donors (Lipinski definition) is 0. The first-order valence-corrected chi connectivity index (χ1v) is 8.67. The van der Waals surface area contributed by atoms with Crippen LogP contribution in [0, 0.1) is 11.6 Å². The summed E-state index contributed by atoms with van der Waals surface area (Å²) in [5, 5.41) is 0. The van der Waals surface area contributed by atoms with Crippen molar-refractivity contribution in [1.29, 1.82) is 0 Å². The summed E-state index contributed by atoms with van der Waals surface area (Å²) in [6.07, 6.45) is -7.53. The zero-order chi connectivity index (χ0) is 20.9. The Morgan fingerprint density at radius 2 is 1.64 bits per heavy atom. The maximum Gasteiger partial charge on any atom is 0.425 e. The van der Waals surface area contributed by atoms with Crippen LogP contribution in [0.3, 0.4) is 0 Å². The average Bonchev–Trinajstić information content (AvgIpc) is 2.64. The number of benzene rings is 2. The van der Waals surface area contributed by atoms with Crippen LogP contribution < -0.4 is 4.74 Å². The second-order valence-electron chi connectivity index (χ2n) is 5.97. The van der Waals surface area contributed by atoms with Gasteiger partial charge in [0.25, 0.3) is 0 Å². The van der Waals surface area contributed by atoms with Gasteiger partial charge in [-0.3, -0.25) is 0 Å². The molecule has 28 heavy (non-hydrogen) atoms. The average molecular weight is 402 g/mol. The first-order chi connectivity index (χ1) is 13.2. The van der Waals surface area contributed by atoms with E-state index in [0.717, 1.165) is 12.1 Å². The van der Waals surface area contributed by atoms with E-state index < -0.39 is 41.9 Å². The number of carbonyl (C=O) groups excluding carboxylic acids is 1. The van der Waals surface area contributed by atoms with Gasteiger partial charge in [-0.25, -0.2) is 13.6 Å². The minimum atomic E-state index is -4.79. The number of ether oxygens (including phenoxy) is 2. The lowest BCUT2D eigenvalue weighted by molar-refractivity contribution is -0.206. The van der Waals surface area contributed by atoms with Crippen molar-refractivity contribution in [2.45, 2.75) is 39.0 Å². The molecule has 2 aromatic carbocycles. The number of halogens is 5. The molecule has 1 unspecified atom stereocenters. The van der Waals surface area contributed by atoms with Gasteiger partial charge in [0.15, 0.2) is 17.7 Å². The summed E-state index contributed by atoms with van der Waals surface area (Å²) < 4.78 is 77.1. The highest BCUT2D eigenvalue weighted by atomic mass is 19.4. The van der Waals surface area contributed by atoms with Crippen molar-refractivity contribution in [1.82, 2.24) is 0 Å². The van der Waals surface area contributed by atoms with E-state index in [4.69, 9.17) is 4.74 Å². The van der Waals surface area contributed by atoms with Gasteiger partial charge in [0.2, 0.25) is 0 Å². The van der Waals surface area contributed by atoms with Gasteiger partial charge >= 0.3 is 12.1 Å². The van der Waals surface area contributed by atoms with Crippen molar-refractivity contribution < 1.29 is 36.2 Å². The summed E-state index contributed by atoms with van der Waals surface area (Å²) in [4.78, 5) is 12.0. The lowest BCUT2D eigenvalue weighted by Crippen LogP contribution is -2.34. The van der Waals surface area contributed by atoms with Crippen LogP contribution in [0.15, 0.2) is 36.4 Å². The molecular formula is C20H19F5O3. The molecular weight excluding hydrogens is 383 g/mol. The van der Waals surface area contributed by atoms with Crippen LogP contribution in [-0.4, -0.2) is 24.9 Å². The van der Waals surface area contributed by atoms with Crippen LogP contribution in [0.4, 0.5) is 22.0 Å². The fourth-order valence-electron chi connectivity index (χ4n) is 2.57. The van der Waals surface area contributed by atoms with E-state index in [2.05, 4.69) is 4.74 Å². The smallest absolute Gasteiger partial charge is 0.425 e. The molecule has 0 spiro atoms. The molecule has 0 aliphatic heterocycles. The van der Waals surface area contributed by atoms with Crippen LogP contribution in [0.1, 0.15) is 37.0 Å². The van der Waals surface area contributed by atoms with Crippen LogP contribution >= 0.6 is 0 Å².